The summed E-state index contributed by atoms with van der Waals surface area (Å²) in [5.74, 6) is -0.723. The van der Waals surface area contributed by atoms with E-state index in [-0.39, 0.29) is 35.3 Å². The number of hydrogen-bond donors (Lipinski definition) is 0. The molecule has 0 spiro atoms. The number of carbonyl (C=O) groups excluding carboxylic acids is 2. The van der Waals surface area contributed by atoms with Crippen molar-refractivity contribution in [3.63, 3.8) is 0 Å². The maximum Gasteiger partial charge on any atom is 0.334 e. The lowest BCUT2D eigenvalue weighted by Gasteiger charge is -2.25. The number of carbonyl (C=O) groups is 2. The molecule has 6 nitrogen and oxygen atoms in total. The van der Waals surface area contributed by atoms with Gasteiger partial charge in [0.15, 0.2) is 6.10 Å². The highest BCUT2D eigenvalue weighted by molar-refractivity contribution is 5.92. The summed E-state index contributed by atoms with van der Waals surface area (Å²) in [5, 5.41) is 0. The van der Waals surface area contributed by atoms with Crippen molar-refractivity contribution < 1.29 is 28.5 Å². The molecule has 6 atom stereocenters. The van der Waals surface area contributed by atoms with E-state index in [1.165, 1.54) is 6.92 Å². The summed E-state index contributed by atoms with van der Waals surface area (Å²) >= 11 is 0. The maximum atomic E-state index is 12.1. The van der Waals surface area contributed by atoms with Crippen LogP contribution in [0.4, 0.5) is 0 Å². The first-order valence-electron chi connectivity index (χ1n) is 8.18. The molecule has 4 rings (SSSR count). The van der Waals surface area contributed by atoms with Gasteiger partial charge >= 0.3 is 11.9 Å². The first-order valence-corrected chi connectivity index (χ1v) is 8.18. The van der Waals surface area contributed by atoms with E-state index in [1.54, 1.807) is 6.92 Å². The van der Waals surface area contributed by atoms with Gasteiger partial charge in [0.05, 0.1) is 17.3 Å². The van der Waals surface area contributed by atoms with Gasteiger partial charge in [-0.05, 0) is 33.6 Å². The fraction of sp³-hybridized carbons (Fsp3) is 0.765. The Morgan fingerprint density at radius 1 is 1.26 bits per heavy atom. The molecule has 126 valence electrons. The van der Waals surface area contributed by atoms with E-state index in [4.69, 9.17) is 18.9 Å². The quantitative estimate of drug-likeness (QED) is 0.540. The summed E-state index contributed by atoms with van der Waals surface area (Å²) in [7, 11) is 0. The second-order valence-electron chi connectivity index (χ2n) is 7.52. The molecule has 0 N–H and O–H groups in total. The predicted molar refractivity (Wildman–Crippen MR) is 78.5 cm³/mol. The average molecular weight is 322 g/mol. The number of esters is 2. The molecule has 6 unspecified atom stereocenters. The summed E-state index contributed by atoms with van der Waals surface area (Å²) in [4.78, 5) is 23.7. The van der Waals surface area contributed by atoms with Crippen LogP contribution in [0, 0.1) is 0 Å². The Morgan fingerprint density at radius 2 is 2.00 bits per heavy atom. The Labute approximate surface area is 135 Å². The van der Waals surface area contributed by atoms with Gasteiger partial charge in [-0.15, -0.1) is 0 Å². The van der Waals surface area contributed by atoms with Crippen LogP contribution in [-0.2, 0) is 28.5 Å². The van der Waals surface area contributed by atoms with Gasteiger partial charge in [-0.2, -0.15) is 0 Å². The molecule has 0 bridgehead atoms. The second-order valence-corrected chi connectivity index (χ2v) is 7.52. The van der Waals surface area contributed by atoms with Crippen LogP contribution in [0.1, 0.15) is 47.0 Å². The average Bonchev–Trinajstić information content (AvgIpc) is 3.27. The molecule has 0 aromatic rings. The summed E-state index contributed by atoms with van der Waals surface area (Å²) in [6.45, 7) is 7.18. The van der Waals surface area contributed by atoms with Gasteiger partial charge in [0, 0.05) is 24.5 Å². The molecule has 3 fully saturated rings. The Hall–Kier alpha value is -1.40. The highest BCUT2D eigenvalue weighted by atomic mass is 16.6. The molecule has 3 heterocycles. The van der Waals surface area contributed by atoms with Crippen LogP contribution in [0.3, 0.4) is 0 Å². The number of rotatable bonds is 1. The van der Waals surface area contributed by atoms with Crippen molar-refractivity contribution in [2.45, 2.75) is 82.6 Å². The SMILES string of the molecule is CC(=O)OC1C2=C(C)C(=O)OC2CC2(C)OC2CCC2(C)OC12. The zero-order valence-electron chi connectivity index (χ0n) is 13.9. The van der Waals surface area contributed by atoms with Crippen LogP contribution < -0.4 is 0 Å². The molecule has 23 heavy (non-hydrogen) atoms. The number of ether oxygens (including phenoxy) is 4. The summed E-state index contributed by atoms with van der Waals surface area (Å²) in [6.07, 6.45) is 1.32. The monoisotopic (exact) mass is 322 g/mol. The molecule has 4 aliphatic rings. The normalized spacial score (nSPS) is 47.9. The fourth-order valence-corrected chi connectivity index (χ4v) is 4.12. The number of fused-ring (bicyclic) bond motifs is 3. The van der Waals surface area contributed by atoms with Crippen molar-refractivity contribution in [2.75, 3.05) is 0 Å². The minimum Gasteiger partial charge on any atom is -0.455 e. The lowest BCUT2D eigenvalue weighted by Crippen LogP contribution is -2.36. The van der Waals surface area contributed by atoms with E-state index >= 15 is 0 Å². The lowest BCUT2D eigenvalue weighted by atomic mass is 9.83. The third-order valence-electron chi connectivity index (χ3n) is 5.68. The van der Waals surface area contributed by atoms with Crippen molar-refractivity contribution in [2.24, 2.45) is 0 Å². The summed E-state index contributed by atoms with van der Waals surface area (Å²) in [6, 6.07) is 0. The van der Waals surface area contributed by atoms with Gasteiger partial charge in [-0.25, -0.2) is 4.79 Å². The molecule has 0 aromatic carbocycles. The van der Waals surface area contributed by atoms with Gasteiger partial charge in [0.2, 0.25) is 0 Å². The van der Waals surface area contributed by atoms with Gasteiger partial charge in [0.25, 0.3) is 0 Å². The molecule has 0 amide bonds. The van der Waals surface area contributed by atoms with E-state index in [1.807, 2.05) is 13.8 Å². The van der Waals surface area contributed by atoms with Crippen LogP contribution in [-0.4, -0.2) is 47.6 Å². The minimum absolute atomic E-state index is 0.176. The van der Waals surface area contributed by atoms with Gasteiger partial charge in [-0.3, -0.25) is 4.79 Å². The zero-order chi connectivity index (χ0) is 16.6. The minimum atomic E-state index is -0.562. The molecule has 2 saturated heterocycles. The predicted octanol–water partition coefficient (Wildman–Crippen LogP) is 1.66. The van der Waals surface area contributed by atoms with Crippen molar-refractivity contribution in [3.05, 3.63) is 11.1 Å². The van der Waals surface area contributed by atoms with Gasteiger partial charge in [0.1, 0.15) is 12.2 Å². The fourth-order valence-electron chi connectivity index (χ4n) is 4.12. The highest BCUT2D eigenvalue weighted by Crippen LogP contribution is 2.53. The molecule has 1 aliphatic carbocycles. The smallest absolute Gasteiger partial charge is 0.334 e. The maximum absolute atomic E-state index is 12.1. The molecule has 1 saturated carbocycles. The zero-order valence-corrected chi connectivity index (χ0v) is 13.9. The van der Waals surface area contributed by atoms with Crippen molar-refractivity contribution in [3.8, 4) is 0 Å². The van der Waals surface area contributed by atoms with E-state index in [0.717, 1.165) is 18.4 Å². The topological polar surface area (TPSA) is 77.7 Å². The van der Waals surface area contributed by atoms with E-state index in [0.29, 0.717) is 12.0 Å². The molecule has 0 radical (unpaired) electrons. The highest BCUT2D eigenvalue weighted by Gasteiger charge is 2.64. The molecule has 3 aliphatic heterocycles. The molecular weight excluding hydrogens is 300 g/mol. The van der Waals surface area contributed by atoms with Crippen LogP contribution in [0.2, 0.25) is 0 Å². The third kappa shape index (κ3) is 2.31. The van der Waals surface area contributed by atoms with Gasteiger partial charge in [-0.1, -0.05) is 0 Å². The third-order valence-corrected chi connectivity index (χ3v) is 5.68. The van der Waals surface area contributed by atoms with Crippen LogP contribution >= 0.6 is 0 Å². The largest absolute Gasteiger partial charge is 0.455 e. The first kappa shape index (κ1) is 15.1. The van der Waals surface area contributed by atoms with E-state index in [2.05, 4.69) is 0 Å². The molecule has 0 aromatic heterocycles. The van der Waals surface area contributed by atoms with Gasteiger partial charge < -0.3 is 18.9 Å². The standard InChI is InChI=1S/C17H22O6/c1-8-12-10(21-15(8)19)7-17(4)11(22-17)5-6-16(3)14(23-16)13(12)20-9(2)18/h10-11,13-14H,5-7H2,1-4H3. The first-order chi connectivity index (χ1) is 10.7. The molecular formula is C17H22O6. The Kier molecular flexibility index (Phi) is 3.01. The van der Waals surface area contributed by atoms with Crippen molar-refractivity contribution in [1.29, 1.82) is 0 Å². The summed E-state index contributed by atoms with van der Waals surface area (Å²) < 4.78 is 22.9. The Morgan fingerprint density at radius 3 is 2.70 bits per heavy atom. The summed E-state index contributed by atoms with van der Waals surface area (Å²) in [5.41, 5.74) is 0.657. The molecule has 6 heteroatoms. The number of epoxide rings is 2. The van der Waals surface area contributed by atoms with Crippen molar-refractivity contribution in [1.82, 2.24) is 0 Å². The van der Waals surface area contributed by atoms with E-state index < -0.39 is 12.2 Å². The van der Waals surface area contributed by atoms with Crippen LogP contribution in [0.25, 0.3) is 0 Å². The number of hydrogen-bond acceptors (Lipinski definition) is 6. The Bertz CT molecular complexity index is 625. The van der Waals surface area contributed by atoms with Crippen molar-refractivity contribution >= 4 is 11.9 Å². The van der Waals surface area contributed by atoms with E-state index in [9.17, 15) is 9.59 Å². The lowest BCUT2D eigenvalue weighted by molar-refractivity contribution is -0.146. The van der Waals surface area contributed by atoms with Crippen LogP contribution in [0.5, 0.6) is 0 Å². The Balaban J connectivity index is 1.73. The van der Waals surface area contributed by atoms with Crippen LogP contribution in [0.15, 0.2) is 11.1 Å². The second kappa shape index (κ2) is 4.57.